The van der Waals surface area contributed by atoms with Gasteiger partial charge < -0.3 is 10.1 Å². The van der Waals surface area contributed by atoms with Crippen molar-refractivity contribution < 1.29 is 14.3 Å². The number of hydrogen-bond acceptors (Lipinski definition) is 4. The van der Waals surface area contributed by atoms with Crippen LogP contribution in [0.15, 0.2) is 18.2 Å². The Bertz CT molecular complexity index is 716. The smallest absolute Gasteiger partial charge is 0.330 e. The van der Waals surface area contributed by atoms with Crippen LogP contribution in [0.25, 0.3) is 0 Å². The van der Waals surface area contributed by atoms with E-state index < -0.39 is 6.04 Å². The molecule has 2 fully saturated rings. The van der Waals surface area contributed by atoms with Crippen LogP contribution in [-0.2, 0) is 9.53 Å². The van der Waals surface area contributed by atoms with Crippen molar-refractivity contribution >= 4 is 29.4 Å². The van der Waals surface area contributed by atoms with E-state index in [2.05, 4.69) is 5.32 Å². The van der Waals surface area contributed by atoms with Crippen LogP contribution in [0.5, 0.6) is 0 Å². The van der Waals surface area contributed by atoms with Crippen LogP contribution in [0, 0.1) is 19.8 Å². The van der Waals surface area contributed by atoms with Crippen molar-refractivity contribution in [2.45, 2.75) is 77.3 Å². The van der Waals surface area contributed by atoms with E-state index in [0.717, 1.165) is 29.7 Å². The number of ether oxygens (including phenoxy) is 1. The molecule has 1 saturated carbocycles. The summed E-state index contributed by atoms with van der Waals surface area (Å²) in [4.78, 5) is 27.8. The molecule has 3 rings (SSSR count). The van der Waals surface area contributed by atoms with E-state index in [1.54, 1.807) is 16.7 Å². The summed E-state index contributed by atoms with van der Waals surface area (Å²) in [7, 11) is 0. The van der Waals surface area contributed by atoms with E-state index in [4.69, 9.17) is 4.74 Å². The van der Waals surface area contributed by atoms with Crippen molar-refractivity contribution in [2.24, 2.45) is 5.92 Å². The topological polar surface area (TPSA) is 58.6 Å². The second-order valence-electron chi connectivity index (χ2n) is 8.21. The number of esters is 1. The number of rotatable bonds is 4. The molecule has 0 spiro atoms. The number of aryl methyl sites for hydroxylation is 1. The summed E-state index contributed by atoms with van der Waals surface area (Å²) < 4.78 is 5.47. The van der Waals surface area contributed by atoms with Gasteiger partial charge >= 0.3 is 12.0 Å². The fourth-order valence-corrected chi connectivity index (χ4v) is 5.75. The molecule has 5 nitrogen and oxygen atoms in total. The average molecular weight is 405 g/mol. The van der Waals surface area contributed by atoms with Gasteiger partial charge in [-0.1, -0.05) is 31.4 Å². The molecule has 1 aromatic rings. The van der Waals surface area contributed by atoms with Crippen LogP contribution < -0.4 is 5.32 Å². The Balaban J connectivity index is 1.83. The van der Waals surface area contributed by atoms with Crippen LogP contribution in [0.2, 0.25) is 0 Å². The van der Waals surface area contributed by atoms with Gasteiger partial charge in [-0.15, -0.1) is 11.8 Å². The Morgan fingerprint density at radius 1 is 1.18 bits per heavy atom. The van der Waals surface area contributed by atoms with Crippen molar-refractivity contribution in [3.63, 3.8) is 0 Å². The van der Waals surface area contributed by atoms with Crippen molar-refractivity contribution in [1.82, 2.24) is 4.90 Å². The Morgan fingerprint density at radius 2 is 1.89 bits per heavy atom. The van der Waals surface area contributed by atoms with Crippen LogP contribution in [-0.4, -0.2) is 40.2 Å². The number of anilines is 1. The normalized spacial score (nSPS) is 23.1. The third-order valence-corrected chi connectivity index (χ3v) is 7.25. The summed E-state index contributed by atoms with van der Waals surface area (Å²) in [5.74, 6) is 0.754. The number of hydrogen-bond donors (Lipinski definition) is 1. The lowest BCUT2D eigenvalue weighted by Crippen LogP contribution is -2.50. The van der Waals surface area contributed by atoms with Crippen LogP contribution in [0.3, 0.4) is 0 Å². The molecule has 28 heavy (non-hydrogen) atoms. The summed E-state index contributed by atoms with van der Waals surface area (Å²) >= 11 is 1.73. The van der Waals surface area contributed by atoms with Gasteiger partial charge in [-0.2, -0.15) is 0 Å². The third kappa shape index (κ3) is 4.65. The number of amides is 2. The van der Waals surface area contributed by atoms with Crippen molar-refractivity contribution in [3.8, 4) is 0 Å². The van der Waals surface area contributed by atoms with Crippen molar-refractivity contribution in [1.29, 1.82) is 0 Å². The first-order valence-electron chi connectivity index (χ1n) is 10.4. The summed E-state index contributed by atoms with van der Waals surface area (Å²) in [5, 5.41) is 3.10. The minimum absolute atomic E-state index is 0.0372. The molecule has 2 amide bonds. The third-order valence-electron chi connectivity index (χ3n) is 5.79. The highest BCUT2D eigenvalue weighted by Crippen LogP contribution is 2.41. The van der Waals surface area contributed by atoms with Crippen LogP contribution >= 0.6 is 11.8 Å². The van der Waals surface area contributed by atoms with Gasteiger partial charge in [0.15, 0.2) is 0 Å². The number of nitrogens with one attached hydrogen (secondary N) is 1. The zero-order chi connectivity index (χ0) is 20.3. The van der Waals surface area contributed by atoms with Gasteiger partial charge in [0, 0.05) is 11.4 Å². The van der Waals surface area contributed by atoms with E-state index >= 15 is 0 Å². The number of thioether (sulfide) groups is 1. The molecule has 1 heterocycles. The zero-order valence-electron chi connectivity index (χ0n) is 17.4. The van der Waals surface area contributed by atoms with Gasteiger partial charge in [0.05, 0.1) is 11.5 Å². The largest absolute Gasteiger partial charge is 0.461 e. The molecule has 1 aliphatic heterocycles. The molecule has 0 aromatic heterocycles. The Labute approximate surface area is 172 Å². The maximum absolute atomic E-state index is 13.3. The molecule has 1 aliphatic carbocycles. The maximum Gasteiger partial charge on any atom is 0.330 e. The molecular weight excluding hydrogens is 372 g/mol. The number of nitrogens with zero attached hydrogens (tertiary/aromatic N) is 1. The minimum atomic E-state index is -0.524. The molecule has 154 valence electrons. The van der Waals surface area contributed by atoms with E-state index in [1.807, 2.05) is 45.9 Å². The molecular formula is C22H32N2O3S. The van der Waals surface area contributed by atoms with Crippen molar-refractivity contribution in [2.75, 3.05) is 11.1 Å². The van der Waals surface area contributed by atoms with Gasteiger partial charge in [0.1, 0.15) is 6.04 Å². The highest BCUT2D eigenvalue weighted by Gasteiger charge is 2.46. The van der Waals surface area contributed by atoms with Gasteiger partial charge in [0.2, 0.25) is 0 Å². The second kappa shape index (κ2) is 9.21. The second-order valence-corrected chi connectivity index (χ2v) is 9.36. The van der Waals surface area contributed by atoms with Gasteiger partial charge in [-0.25, -0.2) is 9.59 Å². The van der Waals surface area contributed by atoms with E-state index in [-0.39, 0.29) is 23.5 Å². The summed E-state index contributed by atoms with van der Waals surface area (Å²) in [6.07, 6.45) is 5.73. The van der Waals surface area contributed by atoms with Crippen molar-refractivity contribution in [3.05, 3.63) is 29.3 Å². The first-order chi connectivity index (χ1) is 13.4. The molecule has 1 aromatic carbocycles. The quantitative estimate of drug-likeness (QED) is 0.709. The predicted molar refractivity (Wildman–Crippen MR) is 115 cm³/mol. The maximum atomic E-state index is 13.3. The Kier molecular flexibility index (Phi) is 6.91. The summed E-state index contributed by atoms with van der Waals surface area (Å²) in [5.41, 5.74) is 2.99. The van der Waals surface area contributed by atoms with Crippen LogP contribution in [0.1, 0.15) is 57.1 Å². The zero-order valence-corrected chi connectivity index (χ0v) is 18.2. The molecule has 6 heteroatoms. The highest BCUT2D eigenvalue weighted by molar-refractivity contribution is 8.00. The monoisotopic (exact) mass is 404 g/mol. The summed E-state index contributed by atoms with van der Waals surface area (Å²) in [6.45, 7) is 7.73. The molecule has 2 unspecified atom stereocenters. The number of benzene rings is 1. The highest BCUT2D eigenvalue weighted by atomic mass is 32.2. The SMILES string of the molecule is Cc1cccc(NC(=O)N2C(C(=O)OC(C)C)CSC2C2CCCCC2)c1C. The molecule has 2 atom stereocenters. The van der Waals surface area contributed by atoms with Gasteiger partial charge in [-0.3, -0.25) is 4.90 Å². The first kappa shape index (κ1) is 21.0. The van der Waals surface area contributed by atoms with Gasteiger partial charge in [-0.05, 0) is 63.6 Å². The fraction of sp³-hybridized carbons (Fsp3) is 0.636. The molecule has 2 aliphatic rings. The lowest BCUT2D eigenvalue weighted by molar-refractivity contribution is -0.151. The first-order valence-corrected chi connectivity index (χ1v) is 11.4. The van der Waals surface area contributed by atoms with Gasteiger partial charge in [0.25, 0.3) is 0 Å². The summed E-state index contributed by atoms with van der Waals surface area (Å²) in [6, 6.07) is 5.18. The standard InChI is InChI=1S/C22H32N2O3S/c1-14(2)27-21(25)19-13-28-20(17-10-6-5-7-11-17)24(19)22(26)23-18-12-8-9-15(3)16(18)4/h8-9,12,14,17,19-20H,5-7,10-11,13H2,1-4H3,(H,23,26). The molecule has 0 radical (unpaired) electrons. The van der Waals surface area contributed by atoms with E-state index in [1.165, 1.54) is 19.3 Å². The number of urea groups is 1. The van der Waals surface area contributed by atoms with E-state index in [9.17, 15) is 9.59 Å². The molecule has 1 N–H and O–H groups in total. The predicted octanol–water partition coefficient (Wildman–Crippen LogP) is 5.11. The Hall–Kier alpha value is -1.69. The lowest BCUT2D eigenvalue weighted by Gasteiger charge is -2.35. The lowest BCUT2D eigenvalue weighted by atomic mass is 9.88. The molecule has 0 bridgehead atoms. The Morgan fingerprint density at radius 3 is 2.57 bits per heavy atom. The number of carbonyl (C=O) groups excluding carboxylic acids is 2. The number of carbonyl (C=O) groups is 2. The fourth-order valence-electron chi connectivity index (χ4n) is 4.13. The molecule has 1 saturated heterocycles. The average Bonchev–Trinajstić information content (AvgIpc) is 3.11. The van der Waals surface area contributed by atoms with Crippen LogP contribution in [0.4, 0.5) is 10.5 Å². The minimum Gasteiger partial charge on any atom is -0.461 e. The van der Waals surface area contributed by atoms with E-state index in [0.29, 0.717) is 11.7 Å².